The second-order valence-corrected chi connectivity index (χ2v) is 4.68. The normalized spacial score (nSPS) is 37.3. The molecule has 0 aliphatic carbocycles. The van der Waals surface area contributed by atoms with Gasteiger partial charge in [0.25, 0.3) is 0 Å². The third-order valence-electron chi connectivity index (χ3n) is 2.90. The first-order valence-electron chi connectivity index (χ1n) is 5.80. The summed E-state index contributed by atoms with van der Waals surface area (Å²) < 4.78 is 27.2. The molecule has 0 aromatic heterocycles. The van der Waals surface area contributed by atoms with E-state index in [2.05, 4.69) is 6.58 Å². The Morgan fingerprint density at radius 3 is 2.67 bits per heavy atom. The van der Waals surface area contributed by atoms with Crippen LogP contribution < -0.4 is 0 Å². The summed E-state index contributed by atoms with van der Waals surface area (Å²) in [6, 6.07) is 0. The molecular formula is C12H18O6. The molecule has 0 amide bonds. The Morgan fingerprint density at radius 2 is 2.06 bits per heavy atom. The summed E-state index contributed by atoms with van der Waals surface area (Å²) in [4.78, 5) is 11.0. The number of esters is 1. The number of carbonyl (C=O) groups is 1. The monoisotopic (exact) mass is 258 g/mol. The van der Waals surface area contributed by atoms with Crippen molar-refractivity contribution in [1.82, 2.24) is 0 Å². The topological polar surface area (TPSA) is 63.2 Å². The van der Waals surface area contributed by atoms with Crippen molar-refractivity contribution in [3.05, 3.63) is 12.7 Å². The minimum Gasteiger partial charge on any atom is -0.460 e. The molecule has 2 fully saturated rings. The fourth-order valence-corrected chi connectivity index (χ4v) is 2.19. The SMILES string of the molecule is C=CC(=O)OC[C@H]1O[C@@H](OC)[C@@H]2OC(C)(C)O[C@@H]21. The van der Waals surface area contributed by atoms with Crippen molar-refractivity contribution in [1.29, 1.82) is 0 Å². The van der Waals surface area contributed by atoms with Gasteiger partial charge in [-0.3, -0.25) is 0 Å². The Labute approximate surface area is 106 Å². The number of ether oxygens (including phenoxy) is 5. The average Bonchev–Trinajstić information content (AvgIpc) is 2.79. The van der Waals surface area contributed by atoms with E-state index in [1.165, 1.54) is 7.11 Å². The molecule has 6 nitrogen and oxygen atoms in total. The molecule has 4 atom stereocenters. The van der Waals surface area contributed by atoms with E-state index in [1.807, 2.05) is 13.8 Å². The van der Waals surface area contributed by atoms with Gasteiger partial charge in [0, 0.05) is 13.2 Å². The number of hydrogen-bond acceptors (Lipinski definition) is 6. The highest BCUT2D eigenvalue weighted by Gasteiger charge is 2.55. The van der Waals surface area contributed by atoms with Crippen LogP contribution in [0.15, 0.2) is 12.7 Å². The van der Waals surface area contributed by atoms with Gasteiger partial charge in [0.05, 0.1) is 0 Å². The number of methoxy groups -OCH3 is 1. The lowest BCUT2D eigenvalue weighted by molar-refractivity contribution is -0.231. The number of hydrogen-bond donors (Lipinski definition) is 0. The lowest BCUT2D eigenvalue weighted by Gasteiger charge is -2.23. The van der Waals surface area contributed by atoms with Crippen LogP contribution in [-0.2, 0) is 28.5 Å². The summed E-state index contributed by atoms with van der Waals surface area (Å²) in [6.07, 6.45) is -0.411. The van der Waals surface area contributed by atoms with Crippen LogP contribution in [-0.4, -0.2) is 50.1 Å². The van der Waals surface area contributed by atoms with Gasteiger partial charge in [-0.05, 0) is 13.8 Å². The van der Waals surface area contributed by atoms with Crippen LogP contribution in [0, 0.1) is 0 Å². The Kier molecular flexibility index (Phi) is 3.72. The fraction of sp³-hybridized carbons (Fsp3) is 0.750. The highest BCUT2D eigenvalue weighted by molar-refractivity contribution is 5.81. The summed E-state index contributed by atoms with van der Waals surface area (Å²) in [5.41, 5.74) is 0. The van der Waals surface area contributed by atoms with Crippen LogP contribution in [0.2, 0.25) is 0 Å². The summed E-state index contributed by atoms with van der Waals surface area (Å²) in [5, 5.41) is 0. The Morgan fingerprint density at radius 1 is 1.39 bits per heavy atom. The molecule has 2 aliphatic heterocycles. The van der Waals surface area contributed by atoms with Crippen LogP contribution in [0.3, 0.4) is 0 Å². The van der Waals surface area contributed by atoms with Gasteiger partial charge in [-0.2, -0.15) is 0 Å². The van der Waals surface area contributed by atoms with Gasteiger partial charge in [-0.15, -0.1) is 0 Å². The van der Waals surface area contributed by atoms with Crippen LogP contribution >= 0.6 is 0 Å². The second-order valence-electron chi connectivity index (χ2n) is 4.68. The van der Waals surface area contributed by atoms with Crippen molar-refractivity contribution in [2.45, 2.75) is 44.2 Å². The molecule has 0 radical (unpaired) electrons. The Hall–Kier alpha value is -0.950. The molecule has 0 unspecified atom stereocenters. The molecule has 6 heteroatoms. The highest BCUT2D eigenvalue weighted by atomic mass is 16.8. The molecule has 2 rings (SSSR count). The average molecular weight is 258 g/mol. The van der Waals surface area contributed by atoms with E-state index in [0.717, 1.165) is 6.08 Å². The van der Waals surface area contributed by atoms with Crippen molar-refractivity contribution in [2.75, 3.05) is 13.7 Å². The van der Waals surface area contributed by atoms with Crippen molar-refractivity contribution in [3.63, 3.8) is 0 Å². The summed E-state index contributed by atoms with van der Waals surface area (Å²) >= 11 is 0. The van der Waals surface area contributed by atoms with Crippen molar-refractivity contribution >= 4 is 5.97 Å². The largest absolute Gasteiger partial charge is 0.460 e. The Balaban J connectivity index is 2.00. The number of carbonyl (C=O) groups excluding carboxylic acids is 1. The third-order valence-corrected chi connectivity index (χ3v) is 2.90. The van der Waals surface area contributed by atoms with E-state index in [9.17, 15) is 4.79 Å². The smallest absolute Gasteiger partial charge is 0.330 e. The van der Waals surface area contributed by atoms with Crippen molar-refractivity contribution in [3.8, 4) is 0 Å². The van der Waals surface area contributed by atoms with Crippen molar-refractivity contribution < 1.29 is 28.5 Å². The quantitative estimate of drug-likeness (QED) is 0.544. The van der Waals surface area contributed by atoms with E-state index in [0.29, 0.717) is 0 Å². The first-order chi connectivity index (χ1) is 8.46. The first kappa shape index (κ1) is 13.5. The van der Waals surface area contributed by atoms with Crippen molar-refractivity contribution in [2.24, 2.45) is 0 Å². The van der Waals surface area contributed by atoms with E-state index >= 15 is 0 Å². The van der Waals surface area contributed by atoms with Gasteiger partial charge >= 0.3 is 5.97 Å². The highest BCUT2D eigenvalue weighted by Crippen LogP contribution is 2.38. The molecule has 0 saturated carbocycles. The van der Waals surface area contributed by atoms with Gasteiger partial charge < -0.3 is 23.7 Å². The van der Waals surface area contributed by atoms with E-state index in [4.69, 9.17) is 23.7 Å². The fourth-order valence-electron chi connectivity index (χ4n) is 2.19. The summed E-state index contributed by atoms with van der Waals surface area (Å²) in [7, 11) is 1.54. The van der Waals surface area contributed by atoms with Crippen LogP contribution in [0.1, 0.15) is 13.8 Å². The molecule has 2 saturated heterocycles. The Bertz CT molecular complexity index is 339. The predicted octanol–water partition coefficient (Wildman–Crippen LogP) is 0.607. The first-order valence-corrected chi connectivity index (χ1v) is 5.80. The lowest BCUT2D eigenvalue weighted by Crippen LogP contribution is -2.33. The maximum atomic E-state index is 11.0. The van der Waals surface area contributed by atoms with Gasteiger partial charge in [0.2, 0.25) is 0 Å². The minimum absolute atomic E-state index is 0.0886. The second kappa shape index (κ2) is 4.97. The van der Waals surface area contributed by atoms with Gasteiger partial charge in [-0.25, -0.2) is 4.79 Å². The summed E-state index contributed by atoms with van der Waals surface area (Å²) in [5.74, 6) is -1.18. The van der Waals surface area contributed by atoms with Crippen LogP contribution in [0.5, 0.6) is 0 Å². The van der Waals surface area contributed by atoms with E-state index < -0.39 is 24.2 Å². The zero-order chi connectivity index (χ0) is 13.3. The predicted molar refractivity (Wildman–Crippen MR) is 60.7 cm³/mol. The van der Waals surface area contributed by atoms with E-state index in [-0.39, 0.29) is 18.8 Å². The molecule has 2 aliphatic rings. The standard InChI is InChI=1S/C12H18O6/c1-5-8(13)15-6-7-9-10(11(14-4)16-7)18-12(2,3)17-9/h5,7,9-11H,1,6H2,2-4H3/t7-,9-,10-,11-/m1/s1. The molecule has 2 heterocycles. The molecule has 0 aromatic rings. The molecule has 102 valence electrons. The molecule has 18 heavy (non-hydrogen) atoms. The maximum absolute atomic E-state index is 11.0. The van der Waals surface area contributed by atoms with Gasteiger partial charge in [-0.1, -0.05) is 6.58 Å². The number of rotatable bonds is 4. The third kappa shape index (κ3) is 2.56. The molecule has 0 spiro atoms. The molecule has 0 bridgehead atoms. The zero-order valence-corrected chi connectivity index (χ0v) is 10.8. The van der Waals surface area contributed by atoms with Gasteiger partial charge in [0.15, 0.2) is 12.1 Å². The molecular weight excluding hydrogens is 240 g/mol. The minimum atomic E-state index is -0.684. The zero-order valence-electron chi connectivity index (χ0n) is 10.8. The maximum Gasteiger partial charge on any atom is 0.330 e. The van der Waals surface area contributed by atoms with Gasteiger partial charge in [0.1, 0.15) is 24.9 Å². The molecule has 0 N–H and O–H groups in total. The van der Waals surface area contributed by atoms with E-state index in [1.54, 1.807) is 0 Å². The lowest BCUT2D eigenvalue weighted by atomic mass is 10.1. The number of fused-ring (bicyclic) bond motifs is 1. The van der Waals surface area contributed by atoms with Crippen LogP contribution in [0.25, 0.3) is 0 Å². The molecule has 0 aromatic carbocycles. The summed E-state index contributed by atoms with van der Waals surface area (Å²) in [6.45, 7) is 7.07. The van der Waals surface area contributed by atoms with Crippen LogP contribution in [0.4, 0.5) is 0 Å².